The maximum absolute atomic E-state index is 11.4. The van der Waals surface area contributed by atoms with Gasteiger partial charge in [0.15, 0.2) is 11.5 Å². The molecule has 2 aromatic carbocycles. The van der Waals surface area contributed by atoms with E-state index >= 15 is 0 Å². The predicted octanol–water partition coefficient (Wildman–Crippen LogP) is 3.54. The van der Waals surface area contributed by atoms with Crippen LogP contribution in [0.4, 0.5) is 11.4 Å². The van der Waals surface area contributed by atoms with Gasteiger partial charge in [-0.3, -0.25) is 4.79 Å². The van der Waals surface area contributed by atoms with Crippen LogP contribution in [0.3, 0.4) is 0 Å². The fraction of sp³-hybridized carbons (Fsp3) is 0.350. The van der Waals surface area contributed by atoms with Crippen molar-refractivity contribution in [2.75, 3.05) is 30.8 Å². The third-order valence-corrected chi connectivity index (χ3v) is 4.62. The van der Waals surface area contributed by atoms with Gasteiger partial charge in [0, 0.05) is 30.5 Å². The van der Waals surface area contributed by atoms with E-state index in [1.54, 1.807) is 39.2 Å². The zero-order chi connectivity index (χ0) is 18.9. The molecule has 0 fully saturated rings. The number of aliphatic carboxylic acids is 1. The molecule has 6 nitrogen and oxygen atoms in total. The molecule has 0 amide bonds. The molecule has 3 N–H and O–H groups in total. The molecule has 0 aliphatic carbocycles. The van der Waals surface area contributed by atoms with Crippen LogP contribution in [0.5, 0.6) is 17.2 Å². The van der Waals surface area contributed by atoms with Crippen LogP contribution in [0, 0.1) is 5.41 Å². The van der Waals surface area contributed by atoms with Crippen LogP contribution in [0.15, 0.2) is 36.4 Å². The first-order valence-corrected chi connectivity index (χ1v) is 8.53. The summed E-state index contributed by atoms with van der Waals surface area (Å²) in [5.74, 6) is 1.10. The molecule has 138 valence electrons. The summed E-state index contributed by atoms with van der Waals surface area (Å²) in [4.78, 5) is 13.5. The molecule has 0 bridgehead atoms. The molecule has 0 saturated carbocycles. The van der Waals surface area contributed by atoms with E-state index in [2.05, 4.69) is 4.90 Å². The molecule has 1 heterocycles. The average molecular weight is 356 g/mol. The number of hydrogen-bond donors (Lipinski definition) is 2. The summed E-state index contributed by atoms with van der Waals surface area (Å²) in [7, 11) is 1.58. The Labute approximate surface area is 153 Å². The molecule has 1 aliphatic heterocycles. The summed E-state index contributed by atoms with van der Waals surface area (Å²) in [6.45, 7) is 4.78. The Morgan fingerprint density at radius 2 is 2.00 bits per heavy atom. The first-order valence-electron chi connectivity index (χ1n) is 8.53. The third kappa shape index (κ3) is 3.54. The minimum atomic E-state index is -0.798. The monoisotopic (exact) mass is 356 g/mol. The summed E-state index contributed by atoms with van der Waals surface area (Å²) in [5, 5.41) is 9.36. The van der Waals surface area contributed by atoms with Crippen molar-refractivity contribution < 1.29 is 19.4 Å². The van der Waals surface area contributed by atoms with Gasteiger partial charge in [0.1, 0.15) is 5.75 Å². The van der Waals surface area contributed by atoms with Crippen molar-refractivity contribution in [3.8, 4) is 17.2 Å². The van der Waals surface area contributed by atoms with Gasteiger partial charge in [0.2, 0.25) is 0 Å². The third-order valence-electron chi connectivity index (χ3n) is 4.62. The predicted molar refractivity (Wildman–Crippen MR) is 101 cm³/mol. The van der Waals surface area contributed by atoms with Crippen molar-refractivity contribution in [2.45, 2.75) is 20.3 Å². The number of nitrogens with zero attached hydrogens (tertiary/aromatic N) is 1. The molecule has 0 atom stereocenters. The Hall–Kier alpha value is -2.89. The van der Waals surface area contributed by atoms with Crippen LogP contribution >= 0.6 is 0 Å². The van der Waals surface area contributed by atoms with Crippen LogP contribution in [-0.2, 0) is 11.2 Å². The van der Waals surface area contributed by atoms with Crippen LogP contribution < -0.4 is 20.1 Å². The van der Waals surface area contributed by atoms with E-state index in [1.165, 1.54) is 0 Å². The second kappa shape index (κ2) is 6.78. The number of carboxylic acids is 1. The van der Waals surface area contributed by atoms with E-state index in [-0.39, 0.29) is 0 Å². The van der Waals surface area contributed by atoms with Crippen molar-refractivity contribution in [1.29, 1.82) is 0 Å². The molecule has 0 saturated heterocycles. The molecule has 0 radical (unpaired) electrons. The highest BCUT2D eigenvalue weighted by Gasteiger charge is 2.32. The lowest BCUT2D eigenvalue weighted by atomic mass is 9.93. The summed E-state index contributed by atoms with van der Waals surface area (Å²) < 4.78 is 11.3. The molecule has 26 heavy (non-hydrogen) atoms. The highest BCUT2D eigenvalue weighted by atomic mass is 16.5. The lowest BCUT2D eigenvalue weighted by Crippen LogP contribution is -2.38. The number of carbonyl (C=O) groups is 1. The Morgan fingerprint density at radius 3 is 2.69 bits per heavy atom. The van der Waals surface area contributed by atoms with Crippen molar-refractivity contribution in [1.82, 2.24) is 0 Å². The lowest BCUT2D eigenvalue weighted by Gasteiger charge is -2.28. The van der Waals surface area contributed by atoms with E-state index in [4.69, 9.17) is 15.2 Å². The van der Waals surface area contributed by atoms with E-state index in [1.807, 2.05) is 18.2 Å². The second-order valence-corrected chi connectivity index (χ2v) is 7.16. The van der Waals surface area contributed by atoms with Gasteiger partial charge in [-0.05, 0) is 56.2 Å². The average Bonchev–Trinajstić information content (AvgIpc) is 2.98. The van der Waals surface area contributed by atoms with Gasteiger partial charge in [0.05, 0.1) is 12.5 Å². The van der Waals surface area contributed by atoms with E-state index in [0.717, 1.165) is 24.2 Å². The highest BCUT2D eigenvalue weighted by molar-refractivity contribution is 5.75. The van der Waals surface area contributed by atoms with Crippen LogP contribution in [0.2, 0.25) is 0 Å². The topological polar surface area (TPSA) is 85.0 Å². The van der Waals surface area contributed by atoms with E-state index in [0.29, 0.717) is 29.5 Å². The molecular formula is C20H24N2O4. The summed E-state index contributed by atoms with van der Waals surface area (Å²) >= 11 is 0. The molecule has 0 aromatic heterocycles. The minimum absolute atomic E-state index is 0.474. The number of anilines is 2. The smallest absolute Gasteiger partial charge is 0.310 e. The van der Waals surface area contributed by atoms with Gasteiger partial charge in [-0.1, -0.05) is 0 Å². The zero-order valence-electron chi connectivity index (χ0n) is 15.3. The van der Waals surface area contributed by atoms with Crippen molar-refractivity contribution in [2.24, 2.45) is 5.41 Å². The van der Waals surface area contributed by atoms with Gasteiger partial charge in [-0.15, -0.1) is 0 Å². The molecule has 6 heteroatoms. The van der Waals surface area contributed by atoms with Crippen molar-refractivity contribution >= 4 is 17.3 Å². The summed E-state index contributed by atoms with van der Waals surface area (Å²) in [6.07, 6.45) is 0.862. The highest BCUT2D eigenvalue weighted by Crippen LogP contribution is 2.37. The number of methoxy groups -OCH3 is 1. The van der Waals surface area contributed by atoms with Crippen LogP contribution in [0.1, 0.15) is 19.4 Å². The number of carboxylic acid groups (broad SMARTS) is 1. The quantitative estimate of drug-likeness (QED) is 0.770. The number of benzene rings is 2. The Kier molecular flexibility index (Phi) is 4.68. The number of rotatable bonds is 6. The van der Waals surface area contributed by atoms with Crippen molar-refractivity contribution in [3.05, 3.63) is 42.0 Å². The number of ether oxygens (including phenoxy) is 2. The Bertz CT molecular complexity index is 833. The molecular weight excluding hydrogens is 332 g/mol. The second-order valence-electron chi connectivity index (χ2n) is 7.16. The Morgan fingerprint density at radius 1 is 1.23 bits per heavy atom. The van der Waals surface area contributed by atoms with Crippen molar-refractivity contribution in [3.63, 3.8) is 0 Å². The molecule has 2 aromatic rings. The van der Waals surface area contributed by atoms with Crippen LogP contribution in [0.25, 0.3) is 0 Å². The van der Waals surface area contributed by atoms with Gasteiger partial charge in [-0.25, -0.2) is 0 Å². The first kappa shape index (κ1) is 17.9. The molecule has 3 rings (SSSR count). The van der Waals surface area contributed by atoms with Gasteiger partial charge >= 0.3 is 5.97 Å². The van der Waals surface area contributed by atoms with Crippen LogP contribution in [-0.4, -0.2) is 31.3 Å². The maximum Gasteiger partial charge on any atom is 0.310 e. The summed E-state index contributed by atoms with van der Waals surface area (Å²) in [5.41, 5.74) is 7.80. The van der Waals surface area contributed by atoms with E-state index in [9.17, 15) is 9.90 Å². The Balaban J connectivity index is 1.80. The zero-order valence-corrected chi connectivity index (χ0v) is 15.3. The van der Waals surface area contributed by atoms with Gasteiger partial charge in [-0.2, -0.15) is 0 Å². The van der Waals surface area contributed by atoms with Gasteiger partial charge < -0.3 is 25.2 Å². The molecule has 0 spiro atoms. The number of fused-ring (bicyclic) bond motifs is 1. The number of nitrogens with two attached hydrogens (primary N) is 1. The normalized spacial score (nSPS) is 13.4. The molecule has 1 aliphatic rings. The number of hydrogen-bond acceptors (Lipinski definition) is 5. The molecule has 0 unspecified atom stereocenters. The number of nitrogen functional groups attached to an aromatic ring is 1. The van der Waals surface area contributed by atoms with Gasteiger partial charge in [0.25, 0.3) is 0 Å². The SMILES string of the molecule is COc1cc(N)ccc1Oc1ccc2c(c1)CCN2CC(C)(C)C(=O)O. The fourth-order valence-electron chi connectivity index (χ4n) is 3.11. The summed E-state index contributed by atoms with van der Waals surface area (Å²) in [6, 6.07) is 11.1. The maximum atomic E-state index is 11.4. The van der Waals surface area contributed by atoms with E-state index < -0.39 is 11.4 Å². The first-order chi connectivity index (χ1) is 12.3. The fourth-order valence-corrected chi connectivity index (χ4v) is 3.11. The lowest BCUT2D eigenvalue weighted by molar-refractivity contribution is -0.146. The largest absolute Gasteiger partial charge is 0.493 e. The minimum Gasteiger partial charge on any atom is -0.493 e. The standard InChI is InChI=1S/C20H24N2O4/c1-20(2,19(23)24)12-22-9-8-13-10-15(5-6-16(13)22)26-17-7-4-14(21)11-18(17)25-3/h4-7,10-11H,8-9,12,21H2,1-3H3,(H,23,24).